The third kappa shape index (κ3) is 4.32. The first-order chi connectivity index (χ1) is 12.7. The smallest absolute Gasteiger partial charge is 0.406 e. The summed E-state index contributed by atoms with van der Waals surface area (Å²) in [5.74, 6) is -1.28. The monoisotopic (exact) mass is 385 g/mol. The first-order valence-electron chi connectivity index (χ1n) is 8.44. The molecular weight excluding hydrogens is 367 g/mol. The molecule has 0 radical (unpaired) electrons. The minimum absolute atomic E-state index is 0.0416. The molecular formula is C17H18F3N3O4. The van der Waals surface area contributed by atoms with E-state index in [1.54, 1.807) is 0 Å². The van der Waals surface area contributed by atoms with Crippen molar-refractivity contribution in [3.05, 3.63) is 29.8 Å². The summed E-state index contributed by atoms with van der Waals surface area (Å²) >= 11 is 0. The second-order valence-corrected chi connectivity index (χ2v) is 6.58. The molecule has 2 aliphatic rings. The molecule has 1 aliphatic heterocycles. The van der Waals surface area contributed by atoms with Crippen LogP contribution < -0.4 is 15.4 Å². The number of alkyl halides is 3. The molecule has 1 spiro atoms. The van der Waals surface area contributed by atoms with Crippen molar-refractivity contribution in [1.82, 2.24) is 15.5 Å². The van der Waals surface area contributed by atoms with Crippen LogP contribution in [0.5, 0.6) is 5.75 Å². The normalized spacial score (nSPS) is 18.7. The van der Waals surface area contributed by atoms with Gasteiger partial charge in [-0.2, -0.15) is 0 Å². The Bertz CT molecular complexity index is 743. The summed E-state index contributed by atoms with van der Waals surface area (Å²) in [6.45, 7) is -0.360. The van der Waals surface area contributed by atoms with Crippen LogP contribution in [0.3, 0.4) is 0 Å². The molecule has 1 aromatic rings. The molecule has 146 valence electrons. The molecule has 0 atom stereocenters. The average Bonchev–Trinajstić information content (AvgIpc) is 3.14. The van der Waals surface area contributed by atoms with Gasteiger partial charge in [-0.05, 0) is 30.5 Å². The SMILES string of the molecule is O=C(CN1C(=O)NC2(CCCC2)C1=O)NCc1ccc(OC(F)(F)F)cc1. The minimum atomic E-state index is -4.77. The Labute approximate surface area is 152 Å². The van der Waals surface area contributed by atoms with E-state index in [1.807, 2.05) is 0 Å². The summed E-state index contributed by atoms with van der Waals surface area (Å²) in [4.78, 5) is 37.4. The molecule has 27 heavy (non-hydrogen) atoms. The molecule has 3 rings (SSSR count). The minimum Gasteiger partial charge on any atom is -0.406 e. The quantitative estimate of drug-likeness (QED) is 0.760. The lowest BCUT2D eigenvalue weighted by Crippen LogP contribution is -2.45. The number of nitrogens with zero attached hydrogens (tertiary/aromatic N) is 1. The number of urea groups is 1. The number of ether oxygens (including phenoxy) is 1. The molecule has 2 N–H and O–H groups in total. The summed E-state index contributed by atoms with van der Waals surface area (Å²) in [5.41, 5.74) is -0.326. The highest BCUT2D eigenvalue weighted by atomic mass is 19.4. The largest absolute Gasteiger partial charge is 0.573 e. The Kier molecular flexibility index (Phi) is 4.99. The van der Waals surface area contributed by atoms with E-state index in [0.717, 1.165) is 29.9 Å². The van der Waals surface area contributed by atoms with E-state index in [9.17, 15) is 27.6 Å². The summed E-state index contributed by atoms with van der Waals surface area (Å²) in [7, 11) is 0. The van der Waals surface area contributed by atoms with E-state index in [-0.39, 0.29) is 18.2 Å². The number of nitrogens with one attached hydrogen (secondary N) is 2. The van der Waals surface area contributed by atoms with Gasteiger partial charge >= 0.3 is 12.4 Å². The Morgan fingerprint density at radius 3 is 2.41 bits per heavy atom. The van der Waals surface area contributed by atoms with Crippen LogP contribution in [0.2, 0.25) is 0 Å². The van der Waals surface area contributed by atoms with Crippen LogP contribution in [0.15, 0.2) is 24.3 Å². The molecule has 7 nitrogen and oxygen atoms in total. The number of benzene rings is 1. The lowest BCUT2D eigenvalue weighted by molar-refractivity contribution is -0.274. The fraction of sp³-hybridized carbons (Fsp3) is 0.471. The van der Waals surface area contributed by atoms with Crippen LogP contribution in [-0.4, -0.2) is 41.2 Å². The summed E-state index contributed by atoms with van der Waals surface area (Å²) in [6.07, 6.45) is -1.93. The van der Waals surface area contributed by atoms with Gasteiger partial charge in [0.2, 0.25) is 5.91 Å². The topological polar surface area (TPSA) is 87.7 Å². The summed E-state index contributed by atoms with van der Waals surface area (Å²) in [6, 6.07) is 4.45. The van der Waals surface area contributed by atoms with E-state index in [1.165, 1.54) is 12.1 Å². The number of imide groups is 1. The first kappa shape index (κ1) is 19.0. The number of halogens is 3. The fourth-order valence-corrected chi connectivity index (χ4v) is 3.35. The number of hydrogen-bond donors (Lipinski definition) is 2. The average molecular weight is 385 g/mol. The molecule has 1 saturated heterocycles. The Hall–Kier alpha value is -2.78. The van der Waals surface area contributed by atoms with Crippen molar-refractivity contribution in [3.63, 3.8) is 0 Å². The van der Waals surface area contributed by atoms with Crippen molar-refractivity contribution in [1.29, 1.82) is 0 Å². The molecule has 4 amide bonds. The molecule has 0 aromatic heterocycles. The van der Waals surface area contributed by atoms with Crippen molar-refractivity contribution in [2.75, 3.05) is 6.54 Å². The highest BCUT2D eigenvalue weighted by molar-refractivity contribution is 6.09. The number of rotatable bonds is 5. The van der Waals surface area contributed by atoms with Gasteiger partial charge in [-0.3, -0.25) is 14.5 Å². The molecule has 1 aromatic carbocycles. The maximum absolute atomic E-state index is 12.5. The van der Waals surface area contributed by atoms with E-state index >= 15 is 0 Å². The van der Waals surface area contributed by atoms with Gasteiger partial charge < -0.3 is 15.4 Å². The van der Waals surface area contributed by atoms with Crippen LogP contribution in [0.25, 0.3) is 0 Å². The number of carbonyl (C=O) groups excluding carboxylic acids is 3. The van der Waals surface area contributed by atoms with Gasteiger partial charge in [0.25, 0.3) is 5.91 Å². The zero-order valence-electron chi connectivity index (χ0n) is 14.3. The molecule has 1 aliphatic carbocycles. The van der Waals surface area contributed by atoms with E-state index in [2.05, 4.69) is 15.4 Å². The lowest BCUT2D eigenvalue weighted by Gasteiger charge is -2.19. The van der Waals surface area contributed by atoms with Crippen molar-refractivity contribution >= 4 is 17.8 Å². The van der Waals surface area contributed by atoms with Crippen LogP contribution in [0.4, 0.5) is 18.0 Å². The Morgan fingerprint density at radius 2 is 1.81 bits per heavy atom. The standard InChI is InChI=1S/C17H18F3N3O4/c18-17(19,20)27-12-5-3-11(4-6-12)9-21-13(24)10-23-14(25)16(22-15(23)26)7-1-2-8-16/h3-6H,1-2,7-10H2,(H,21,24)(H,22,26). The number of carbonyl (C=O) groups is 3. The van der Waals surface area contributed by atoms with E-state index in [0.29, 0.717) is 18.4 Å². The third-order valence-electron chi connectivity index (χ3n) is 4.65. The van der Waals surface area contributed by atoms with Gasteiger partial charge in [-0.25, -0.2) is 4.79 Å². The van der Waals surface area contributed by atoms with Gasteiger partial charge in [-0.1, -0.05) is 25.0 Å². The van der Waals surface area contributed by atoms with Crippen LogP contribution in [-0.2, 0) is 16.1 Å². The number of amides is 4. The molecule has 1 heterocycles. The van der Waals surface area contributed by atoms with Crippen molar-refractivity contribution in [3.8, 4) is 5.75 Å². The van der Waals surface area contributed by atoms with Crippen molar-refractivity contribution in [2.45, 2.75) is 44.1 Å². The summed E-state index contributed by atoms with van der Waals surface area (Å²) in [5, 5.41) is 5.22. The Morgan fingerprint density at radius 1 is 1.19 bits per heavy atom. The van der Waals surface area contributed by atoms with Crippen LogP contribution in [0, 0.1) is 0 Å². The third-order valence-corrected chi connectivity index (χ3v) is 4.65. The van der Waals surface area contributed by atoms with Gasteiger partial charge in [0, 0.05) is 6.54 Å². The molecule has 10 heteroatoms. The van der Waals surface area contributed by atoms with Gasteiger partial charge in [0.15, 0.2) is 0 Å². The molecule has 0 bridgehead atoms. The first-order valence-corrected chi connectivity index (χ1v) is 8.44. The zero-order chi connectivity index (χ0) is 19.7. The molecule has 0 unspecified atom stereocenters. The maximum Gasteiger partial charge on any atom is 0.573 e. The zero-order valence-corrected chi connectivity index (χ0v) is 14.3. The van der Waals surface area contributed by atoms with Gasteiger partial charge in [0.05, 0.1) is 0 Å². The second kappa shape index (κ2) is 7.09. The van der Waals surface area contributed by atoms with Crippen LogP contribution in [0.1, 0.15) is 31.2 Å². The Balaban J connectivity index is 1.51. The second-order valence-electron chi connectivity index (χ2n) is 6.58. The molecule has 1 saturated carbocycles. The summed E-state index contributed by atoms with van der Waals surface area (Å²) < 4.78 is 40.1. The van der Waals surface area contributed by atoms with E-state index < -0.39 is 30.4 Å². The van der Waals surface area contributed by atoms with E-state index in [4.69, 9.17) is 0 Å². The van der Waals surface area contributed by atoms with Crippen molar-refractivity contribution in [2.24, 2.45) is 0 Å². The van der Waals surface area contributed by atoms with Crippen LogP contribution >= 0.6 is 0 Å². The van der Waals surface area contributed by atoms with Gasteiger partial charge in [0.1, 0.15) is 17.8 Å². The predicted octanol–water partition coefficient (Wildman–Crippen LogP) is 2.07. The molecule has 2 fully saturated rings. The van der Waals surface area contributed by atoms with Crippen molar-refractivity contribution < 1.29 is 32.3 Å². The highest BCUT2D eigenvalue weighted by Gasteiger charge is 2.52. The van der Waals surface area contributed by atoms with Gasteiger partial charge in [-0.15, -0.1) is 13.2 Å². The highest BCUT2D eigenvalue weighted by Crippen LogP contribution is 2.34. The fourth-order valence-electron chi connectivity index (χ4n) is 3.35. The predicted molar refractivity (Wildman–Crippen MR) is 86.4 cm³/mol. The maximum atomic E-state index is 12.5. The lowest BCUT2D eigenvalue weighted by atomic mass is 9.98. The number of hydrogen-bond acceptors (Lipinski definition) is 4.